The van der Waals surface area contributed by atoms with Crippen molar-refractivity contribution in [1.82, 2.24) is 0 Å². The Morgan fingerprint density at radius 3 is 1.40 bits per heavy atom. The van der Waals surface area contributed by atoms with Gasteiger partial charge in [0.1, 0.15) is 12.2 Å². The lowest BCUT2D eigenvalue weighted by Crippen LogP contribution is -2.29. The second-order valence-electron chi connectivity index (χ2n) is 16.1. The summed E-state index contributed by atoms with van der Waals surface area (Å²) in [6, 6.07) is 0. The van der Waals surface area contributed by atoms with Gasteiger partial charge < -0.3 is 24.6 Å². The molecule has 0 aromatic carbocycles. The van der Waals surface area contributed by atoms with Crippen LogP contribution in [0.2, 0.25) is 0 Å². The largest absolute Gasteiger partial charge is 0.472 e. The SMILES string of the molecule is CCCCCCC/C=C\C/C=C\C/C=C\CCCCCCCCC(=O)OC(COCCCCCCCCCCCCCCCCCC)COP(=O)(O)OCC(O)CO. The summed E-state index contributed by atoms with van der Waals surface area (Å²) in [6.45, 7) is 3.52. The summed E-state index contributed by atoms with van der Waals surface area (Å²) < 4.78 is 33.4. The fraction of sp³-hybridized carbons (Fsp3) is 0.854. The zero-order valence-electron chi connectivity index (χ0n) is 37.5. The Hall–Kier alpha value is -1.32. The maximum Gasteiger partial charge on any atom is 0.472 e. The molecule has 0 amide bonds. The first-order valence-corrected chi connectivity index (χ1v) is 25.5. The van der Waals surface area contributed by atoms with Crippen LogP contribution >= 0.6 is 7.82 Å². The highest BCUT2D eigenvalue weighted by Crippen LogP contribution is 2.43. The lowest BCUT2D eigenvalue weighted by Gasteiger charge is -2.20. The summed E-state index contributed by atoms with van der Waals surface area (Å²) in [6.07, 6.45) is 49.6. The zero-order chi connectivity index (χ0) is 42.5. The number of rotatable bonds is 46. The summed E-state index contributed by atoms with van der Waals surface area (Å²) in [7, 11) is -4.52. The minimum atomic E-state index is -4.52. The number of carbonyl (C=O) groups excluding carboxylic acids is 1. The lowest BCUT2D eigenvalue weighted by molar-refractivity contribution is -0.154. The highest BCUT2D eigenvalue weighted by molar-refractivity contribution is 7.47. The van der Waals surface area contributed by atoms with Crippen molar-refractivity contribution in [2.75, 3.05) is 33.0 Å². The van der Waals surface area contributed by atoms with Gasteiger partial charge in [-0.2, -0.15) is 0 Å². The van der Waals surface area contributed by atoms with Crippen molar-refractivity contribution < 1.29 is 43.0 Å². The van der Waals surface area contributed by atoms with E-state index in [2.05, 4.69) is 50.3 Å². The summed E-state index contributed by atoms with van der Waals surface area (Å²) in [5.74, 6) is -0.392. The molecule has 0 aromatic heterocycles. The molecule has 342 valence electrons. The number of hydrogen-bond donors (Lipinski definition) is 3. The van der Waals surface area contributed by atoms with Crippen molar-refractivity contribution in [2.24, 2.45) is 0 Å². The Labute approximate surface area is 356 Å². The average Bonchev–Trinajstić information content (AvgIpc) is 3.21. The molecule has 0 saturated carbocycles. The van der Waals surface area contributed by atoms with Gasteiger partial charge in [-0.25, -0.2) is 4.57 Å². The Morgan fingerprint density at radius 1 is 0.534 bits per heavy atom. The topological polar surface area (TPSA) is 132 Å². The van der Waals surface area contributed by atoms with Gasteiger partial charge >= 0.3 is 13.8 Å². The van der Waals surface area contributed by atoms with Crippen LogP contribution in [0.1, 0.15) is 219 Å². The molecule has 0 saturated heterocycles. The molecule has 0 aromatic rings. The Kier molecular flexibility index (Phi) is 44.2. The van der Waals surface area contributed by atoms with E-state index in [1.165, 1.54) is 141 Å². The number of aliphatic hydroxyl groups excluding tert-OH is 2. The van der Waals surface area contributed by atoms with Gasteiger partial charge in [-0.15, -0.1) is 0 Å². The first kappa shape index (κ1) is 56.7. The van der Waals surface area contributed by atoms with Crippen LogP contribution in [0, 0.1) is 0 Å². The van der Waals surface area contributed by atoms with E-state index in [1.807, 2.05) is 0 Å². The standard InChI is InChI=1S/C48H91O9P/c1-3-5-7-9-11-13-15-17-19-21-22-23-24-25-26-28-30-32-34-36-38-40-48(51)57-47(45-56-58(52,53)55-43-46(50)42-49)44-54-41-39-37-35-33-31-29-27-20-18-16-14-12-10-8-6-4-2/h15,17,21-22,24-25,46-47,49-50H,3-14,16,18-20,23,26-45H2,1-2H3,(H,52,53)/b17-15-,22-21-,25-24-. The number of carbonyl (C=O) groups is 1. The van der Waals surface area contributed by atoms with Crippen molar-refractivity contribution in [1.29, 1.82) is 0 Å². The number of allylic oxidation sites excluding steroid dienone is 6. The van der Waals surface area contributed by atoms with Gasteiger partial charge in [-0.3, -0.25) is 13.8 Å². The van der Waals surface area contributed by atoms with E-state index in [0.29, 0.717) is 13.0 Å². The highest BCUT2D eigenvalue weighted by Gasteiger charge is 2.26. The van der Waals surface area contributed by atoms with Crippen LogP contribution in [0.3, 0.4) is 0 Å². The molecule has 9 nitrogen and oxygen atoms in total. The van der Waals surface area contributed by atoms with E-state index in [1.54, 1.807) is 0 Å². The number of esters is 1. The molecule has 0 aliphatic carbocycles. The molecule has 3 unspecified atom stereocenters. The molecule has 0 radical (unpaired) electrons. The quantitative estimate of drug-likeness (QED) is 0.0237. The van der Waals surface area contributed by atoms with E-state index < -0.39 is 39.2 Å². The van der Waals surface area contributed by atoms with Gasteiger partial charge in [0.05, 0.1) is 26.4 Å². The monoisotopic (exact) mass is 843 g/mol. The maximum atomic E-state index is 12.7. The third kappa shape index (κ3) is 44.2. The van der Waals surface area contributed by atoms with E-state index in [0.717, 1.165) is 51.4 Å². The molecule has 3 atom stereocenters. The van der Waals surface area contributed by atoms with Crippen LogP contribution < -0.4 is 0 Å². The minimum Gasteiger partial charge on any atom is -0.457 e. The van der Waals surface area contributed by atoms with Gasteiger partial charge in [-0.05, 0) is 51.4 Å². The molecular formula is C48H91O9P. The third-order valence-corrected chi connectivity index (χ3v) is 11.3. The van der Waals surface area contributed by atoms with E-state index in [4.69, 9.17) is 23.6 Å². The van der Waals surface area contributed by atoms with Crippen LogP contribution in [0.4, 0.5) is 0 Å². The number of aliphatic hydroxyl groups is 2. The van der Waals surface area contributed by atoms with E-state index in [-0.39, 0.29) is 19.6 Å². The van der Waals surface area contributed by atoms with Crippen LogP contribution in [-0.2, 0) is 27.9 Å². The number of phosphoric ester groups is 1. The van der Waals surface area contributed by atoms with Gasteiger partial charge in [0.15, 0.2) is 0 Å². The maximum absolute atomic E-state index is 12.7. The Morgan fingerprint density at radius 2 is 0.931 bits per heavy atom. The van der Waals surface area contributed by atoms with Gasteiger partial charge in [0, 0.05) is 13.0 Å². The summed E-state index contributed by atoms with van der Waals surface area (Å²) in [5.41, 5.74) is 0. The molecular weight excluding hydrogens is 751 g/mol. The average molecular weight is 843 g/mol. The molecule has 0 rings (SSSR count). The normalized spacial score (nSPS) is 14.2. The summed E-state index contributed by atoms with van der Waals surface area (Å²) >= 11 is 0. The second-order valence-corrected chi connectivity index (χ2v) is 17.6. The molecule has 0 heterocycles. The van der Waals surface area contributed by atoms with Crippen LogP contribution in [-0.4, -0.2) is 66.3 Å². The predicted molar refractivity (Wildman–Crippen MR) is 242 cm³/mol. The van der Waals surface area contributed by atoms with Gasteiger partial charge in [0.25, 0.3) is 0 Å². The number of ether oxygens (including phenoxy) is 2. The van der Waals surface area contributed by atoms with Crippen molar-refractivity contribution in [3.63, 3.8) is 0 Å². The fourth-order valence-corrected chi connectivity index (χ4v) is 7.45. The second kappa shape index (κ2) is 45.2. The minimum absolute atomic E-state index is 0.0468. The summed E-state index contributed by atoms with van der Waals surface area (Å²) in [4.78, 5) is 22.6. The Bertz CT molecular complexity index is 1000. The zero-order valence-corrected chi connectivity index (χ0v) is 38.4. The highest BCUT2D eigenvalue weighted by atomic mass is 31.2. The number of unbranched alkanes of at least 4 members (excludes halogenated alkanes) is 26. The van der Waals surface area contributed by atoms with Crippen LogP contribution in [0.5, 0.6) is 0 Å². The van der Waals surface area contributed by atoms with Gasteiger partial charge in [-0.1, -0.05) is 198 Å². The third-order valence-electron chi connectivity index (χ3n) is 10.3. The van der Waals surface area contributed by atoms with Crippen molar-refractivity contribution in [3.05, 3.63) is 36.5 Å². The van der Waals surface area contributed by atoms with Crippen molar-refractivity contribution in [3.8, 4) is 0 Å². The first-order chi connectivity index (χ1) is 28.3. The van der Waals surface area contributed by atoms with Gasteiger partial charge in [0.2, 0.25) is 0 Å². The van der Waals surface area contributed by atoms with Crippen LogP contribution in [0.15, 0.2) is 36.5 Å². The first-order valence-electron chi connectivity index (χ1n) is 24.0. The van der Waals surface area contributed by atoms with Crippen LogP contribution in [0.25, 0.3) is 0 Å². The molecule has 0 spiro atoms. The molecule has 0 aliphatic rings. The number of phosphoric acid groups is 1. The molecule has 58 heavy (non-hydrogen) atoms. The fourth-order valence-electron chi connectivity index (χ4n) is 6.66. The molecule has 0 fully saturated rings. The molecule has 10 heteroatoms. The van der Waals surface area contributed by atoms with Crippen molar-refractivity contribution >= 4 is 13.8 Å². The molecule has 0 bridgehead atoms. The van der Waals surface area contributed by atoms with E-state index in [9.17, 15) is 19.4 Å². The number of hydrogen-bond acceptors (Lipinski definition) is 8. The molecule has 3 N–H and O–H groups in total. The predicted octanol–water partition coefficient (Wildman–Crippen LogP) is 13.6. The Balaban J connectivity index is 4.14. The van der Waals surface area contributed by atoms with Crippen molar-refractivity contribution in [2.45, 2.75) is 232 Å². The lowest BCUT2D eigenvalue weighted by atomic mass is 10.0. The summed E-state index contributed by atoms with van der Waals surface area (Å²) in [5, 5.41) is 18.4. The van der Waals surface area contributed by atoms with E-state index >= 15 is 0 Å². The molecule has 0 aliphatic heterocycles. The smallest absolute Gasteiger partial charge is 0.457 e.